The van der Waals surface area contributed by atoms with E-state index in [1.807, 2.05) is 4.90 Å². The van der Waals surface area contributed by atoms with Gasteiger partial charge in [0.15, 0.2) is 11.5 Å². The number of benzene rings is 1. The van der Waals surface area contributed by atoms with Crippen molar-refractivity contribution in [2.45, 2.75) is 82.2 Å². The standard InChI is InChI=1S/C30H41N7O2/c31-29(39)28-30(34-26(19-32-28)36-15-3-7-25(20-36)37-16-4-8-27(37)38)33-23-11-9-21(10-12-23)22-13-17-35(18-14-22)24-5-1-2-6-24/h9-12,19,22,24-25H,1-8,13-18,20H2,(H2,31,39)(H,33,34)/t25-/m1/s1. The molecule has 39 heavy (non-hydrogen) atoms. The molecular formula is C30H41N7O2. The van der Waals surface area contributed by atoms with Crippen LogP contribution in [0.3, 0.4) is 0 Å². The summed E-state index contributed by atoms with van der Waals surface area (Å²) in [5.41, 5.74) is 8.01. The van der Waals surface area contributed by atoms with E-state index in [9.17, 15) is 9.59 Å². The molecule has 4 fully saturated rings. The number of primary amides is 1. The van der Waals surface area contributed by atoms with E-state index >= 15 is 0 Å². The van der Waals surface area contributed by atoms with E-state index in [1.54, 1.807) is 6.20 Å². The van der Waals surface area contributed by atoms with Crippen molar-refractivity contribution in [3.05, 3.63) is 41.7 Å². The van der Waals surface area contributed by atoms with Crippen LogP contribution in [-0.2, 0) is 4.79 Å². The van der Waals surface area contributed by atoms with E-state index < -0.39 is 5.91 Å². The van der Waals surface area contributed by atoms with Crippen molar-refractivity contribution in [2.75, 3.05) is 42.9 Å². The van der Waals surface area contributed by atoms with Gasteiger partial charge in [-0.1, -0.05) is 25.0 Å². The molecule has 1 atom stereocenters. The van der Waals surface area contributed by atoms with Crippen LogP contribution in [-0.4, -0.2) is 76.4 Å². The number of nitrogens with two attached hydrogens (primary N) is 1. The van der Waals surface area contributed by atoms with Crippen molar-refractivity contribution >= 4 is 29.1 Å². The predicted octanol–water partition coefficient (Wildman–Crippen LogP) is 4.03. The van der Waals surface area contributed by atoms with E-state index in [0.717, 1.165) is 50.6 Å². The number of likely N-dealkylation sites (tertiary alicyclic amines) is 2. The van der Waals surface area contributed by atoms with Crippen LogP contribution in [0.5, 0.6) is 0 Å². The van der Waals surface area contributed by atoms with Gasteiger partial charge in [-0.15, -0.1) is 0 Å². The van der Waals surface area contributed by atoms with Crippen LogP contribution in [0.4, 0.5) is 17.3 Å². The lowest BCUT2D eigenvalue weighted by Gasteiger charge is -2.38. The Morgan fingerprint density at radius 2 is 1.64 bits per heavy atom. The Bertz CT molecular complexity index is 1170. The first kappa shape index (κ1) is 26.0. The minimum Gasteiger partial charge on any atom is -0.364 e. The molecule has 3 aliphatic heterocycles. The lowest BCUT2D eigenvalue weighted by atomic mass is 9.88. The van der Waals surface area contributed by atoms with Crippen molar-refractivity contribution in [1.29, 1.82) is 0 Å². The molecule has 6 rings (SSSR count). The summed E-state index contributed by atoms with van der Waals surface area (Å²) in [5, 5.41) is 3.31. The fourth-order valence-electron chi connectivity index (χ4n) is 7.11. The number of hydrogen-bond donors (Lipinski definition) is 2. The van der Waals surface area contributed by atoms with Gasteiger partial charge in [0.25, 0.3) is 5.91 Å². The summed E-state index contributed by atoms with van der Waals surface area (Å²) in [6.07, 6.45) is 13.2. The molecule has 1 saturated carbocycles. The molecule has 0 unspecified atom stereocenters. The van der Waals surface area contributed by atoms with Gasteiger partial charge in [0, 0.05) is 43.8 Å². The third-order valence-corrected chi connectivity index (χ3v) is 9.28. The number of nitrogens with one attached hydrogen (secondary N) is 1. The first-order valence-electron chi connectivity index (χ1n) is 14.9. The Morgan fingerprint density at radius 3 is 2.33 bits per heavy atom. The molecule has 4 heterocycles. The third-order valence-electron chi connectivity index (χ3n) is 9.28. The summed E-state index contributed by atoms with van der Waals surface area (Å²) in [6, 6.07) is 9.53. The van der Waals surface area contributed by atoms with Crippen LogP contribution in [0.15, 0.2) is 30.5 Å². The number of anilines is 3. The van der Waals surface area contributed by atoms with Crippen LogP contribution < -0.4 is 16.0 Å². The average molecular weight is 532 g/mol. The van der Waals surface area contributed by atoms with Crippen molar-refractivity contribution in [1.82, 2.24) is 19.8 Å². The van der Waals surface area contributed by atoms with Crippen molar-refractivity contribution < 1.29 is 9.59 Å². The lowest BCUT2D eigenvalue weighted by Crippen LogP contribution is -2.48. The fourth-order valence-corrected chi connectivity index (χ4v) is 7.11. The SMILES string of the molecule is NC(=O)c1ncc(N2CCC[C@@H](N3CCCC3=O)C2)nc1Nc1ccc(C2CCN(C3CCCC3)CC2)cc1. The van der Waals surface area contributed by atoms with E-state index in [0.29, 0.717) is 24.0 Å². The van der Waals surface area contributed by atoms with Gasteiger partial charge in [-0.05, 0) is 81.6 Å². The number of carbonyl (C=O) groups excluding carboxylic acids is 2. The van der Waals surface area contributed by atoms with E-state index in [-0.39, 0.29) is 17.6 Å². The van der Waals surface area contributed by atoms with Gasteiger partial charge in [0.2, 0.25) is 5.91 Å². The minimum absolute atomic E-state index is 0.130. The Hall–Kier alpha value is -3.20. The molecule has 2 amide bonds. The zero-order chi connectivity index (χ0) is 26.8. The summed E-state index contributed by atoms with van der Waals surface area (Å²) in [5.74, 6) is 1.31. The summed E-state index contributed by atoms with van der Waals surface area (Å²) >= 11 is 0. The van der Waals surface area contributed by atoms with E-state index in [1.165, 1.54) is 57.2 Å². The Labute approximate surface area is 231 Å². The zero-order valence-electron chi connectivity index (χ0n) is 22.9. The van der Waals surface area contributed by atoms with Crippen molar-refractivity contribution in [3.8, 4) is 0 Å². The molecule has 1 aliphatic carbocycles. The van der Waals surface area contributed by atoms with Crippen molar-refractivity contribution in [2.24, 2.45) is 5.73 Å². The average Bonchev–Trinajstić information content (AvgIpc) is 3.66. The first-order valence-corrected chi connectivity index (χ1v) is 14.9. The Kier molecular flexibility index (Phi) is 7.68. The predicted molar refractivity (Wildman–Crippen MR) is 152 cm³/mol. The summed E-state index contributed by atoms with van der Waals surface area (Å²) in [4.78, 5) is 40.6. The number of rotatable bonds is 7. The molecule has 0 spiro atoms. The van der Waals surface area contributed by atoms with Gasteiger partial charge < -0.3 is 25.8 Å². The number of nitrogens with zero attached hydrogens (tertiary/aromatic N) is 5. The molecule has 9 heteroatoms. The Morgan fingerprint density at radius 1 is 0.897 bits per heavy atom. The van der Waals surface area contributed by atoms with Crippen LogP contribution >= 0.6 is 0 Å². The summed E-state index contributed by atoms with van der Waals surface area (Å²) in [6.45, 7) is 4.80. The molecule has 4 aliphatic rings. The van der Waals surface area contributed by atoms with Gasteiger partial charge in [-0.3, -0.25) is 9.59 Å². The maximum Gasteiger partial charge on any atom is 0.271 e. The van der Waals surface area contributed by atoms with Crippen LogP contribution in [0.1, 0.15) is 86.2 Å². The van der Waals surface area contributed by atoms with Gasteiger partial charge >= 0.3 is 0 Å². The van der Waals surface area contributed by atoms with E-state index in [2.05, 4.69) is 44.4 Å². The van der Waals surface area contributed by atoms with Crippen molar-refractivity contribution in [3.63, 3.8) is 0 Å². The molecule has 0 radical (unpaired) electrons. The minimum atomic E-state index is -0.610. The highest BCUT2D eigenvalue weighted by molar-refractivity contribution is 5.96. The topological polar surface area (TPSA) is 108 Å². The monoisotopic (exact) mass is 531 g/mol. The molecule has 0 bridgehead atoms. The van der Waals surface area contributed by atoms with Crippen LogP contribution in [0, 0.1) is 0 Å². The molecule has 3 N–H and O–H groups in total. The maximum absolute atomic E-state index is 12.3. The smallest absolute Gasteiger partial charge is 0.271 e. The molecule has 2 aromatic rings. The van der Waals surface area contributed by atoms with Crippen LogP contribution in [0.25, 0.3) is 0 Å². The van der Waals surface area contributed by atoms with Crippen LogP contribution in [0.2, 0.25) is 0 Å². The summed E-state index contributed by atoms with van der Waals surface area (Å²) < 4.78 is 0. The third kappa shape index (κ3) is 5.73. The second-order valence-electron chi connectivity index (χ2n) is 11.7. The molecular weight excluding hydrogens is 490 g/mol. The quantitative estimate of drug-likeness (QED) is 0.555. The van der Waals surface area contributed by atoms with Gasteiger partial charge in [0.1, 0.15) is 5.82 Å². The van der Waals surface area contributed by atoms with Gasteiger partial charge in [-0.2, -0.15) is 0 Å². The highest BCUT2D eigenvalue weighted by Crippen LogP contribution is 2.33. The second-order valence-corrected chi connectivity index (χ2v) is 11.7. The number of carbonyl (C=O) groups is 2. The molecule has 9 nitrogen and oxygen atoms in total. The molecule has 3 saturated heterocycles. The van der Waals surface area contributed by atoms with Gasteiger partial charge in [0.05, 0.1) is 6.20 Å². The molecule has 1 aromatic carbocycles. The molecule has 1 aromatic heterocycles. The lowest BCUT2D eigenvalue weighted by molar-refractivity contribution is -0.129. The highest BCUT2D eigenvalue weighted by atomic mass is 16.2. The Balaban J connectivity index is 1.12. The highest BCUT2D eigenvalue weighted by Gasteiger charge is 2.32. The number of aromatic nitrogens is 2. The number of piperidine rings is 2. The maximum atomic E-state index is 12.3. The van der Waals surface area contributed by atoms with E-state index in [4.69, 9.17) is 10.7 Å². The summed E-state index contributed by atoms with van der Waals surface area (Å²) in [7, 11) is 0. The fraction of sp³-hybridized carbons (Fsp3) is 0.600. The first-order chi connectivity index (χ1) is 19.0. The number of amides is 2. The zero-order valence-corrected chi connectivity index (χ0v) is 22.9. The molecule has 208 valence electrons. The second kappa shape index (κ2) is 11.5. The number of hydrogen-bond acceptors (Lipinski definition) is 7. The normalized spacial score (nSPS) is 23.5. The van der Waals surface area contributed by atoms with Gasteiger partial charge in [-0.25, -0.2) is 9.97 Å². The largest absolute Gasteiger partial charge is 0.364 e.